The highest BCUT2D eigenvalue weighted by Crippen LogP contribution is 2.61. The number of fused-ring (bicyclic) bond motifs is 1. The number of amides is 2. The normalized spacial score (nSPS) is 32.4. The summed E-state index contributed by atoms with van der Waals surface area (Å²) in [5, 5.41) is 0. The van der Waals surface area contributed by atoms with Gasteiger partial charge >= 0.3 is 6.03 Å². The van der Waals surface area contributed by atoms with Crippen molar-refractivity contribution >= 4 is 17.8 Å². The third-order valence-electron chi connectivity index (χ3n) is 5.65. The van der Waals surface area contributed by atoms with E-state index >= 15 is 0 Å². The molecule has 2 unspecified atom stereocenters. The number of urea groups is 1. The smallest absolute Gasteiger partial charge is 0.320 e. The number of piperidine rings is 1. The van der Waals surface area contributed by atoms with Crippen LogP contribution in [0, 0.1) is 17.3 Å². The van der Waals surface area contributed by atoms with Crippen LogP contribution in [-0.4, -0.2) is 78.6 Å². The van der Waals surface area contributed by atoms with Gasteiger partial charge < -0.3 is 9.80 Å². The third kappa shape index (κ3) is 2.54. The van der Waals surface area contributed by atoms with Gasteiger partial charge in [0, 0.05) is 51.6 Å². The van der Waals surface area contributed by atoms with Gasteiger partial charge in [-0.1, -0.05) is 13.8 Å². The summed E-state index contributed by atoms with van der Waals surface area (Å²) in [4.78, 5) is 19.2. The molecule has 2 aliphatic heterocycles. The highest BCUT2D eigenvalue weighted by molar-refractivity contribution is 7.98. The number of piperazine rings is 1. The van der Waals surface area contributed by atoms with Crippen LogP contribution in [-0.2, 0) is 0 Å². The van der Waals surface area contributed by atoms with Crippen molar-refractivity contribution in [1.29, 1.82) is 0 Å². The number of nitrogens with zero attached hydrogens (tertiary/aromatic N) is 3. The molecule has 20 heavy (non-hydrogen) atoms. The van der Waals surface area contributed by atoms with E-state index in [0.29, 0.717) is 5.41 Å². The van der Waals surface area contributed by atoms with Crippen molar-refractivity contribution in [3.63, 3.8) is 0 Å². The van der Waals surface area contributed by atoms with Crippen LogP contribution in [0.2, 0.25) is 0 Å². The Kier molecular flexibility index (Phi) is 3.93. The third-order valence-corrected chi connectivity index (χ3v) is 6.24. The lowest BCUT2D eigenvalue weighted by molar-refractivity contribution is 0.115. The number of thioether (sulfide) groups is 1. The van der Waals surface area contributed by atoms with Gasteiger partial charge in [0.2, 0.25) is 0 Å². The van der Waals surface area contributed by atoms with Gasteiger partial charge in [0.1, 0.15) is 0 Å². The Balaban J connectivity index is 1.44. The maximum Gasteiger partial charge on any atom is 0.320 e. The molecule has 3 aliphatic rings. The molecule has 4 nitrogen and oxygen atoms in total. The van der Waals surface area contributed by atoms with Crippen molar-refractivity contribution in [1.82, 2.24) is 14.7 Å². The molecule has 114 valence electrons. The largest absolute Gasteiger partial charge is 0.324 e. The summed E-state index contributed by atoms with van der Waals surface area (Å²) in [5.41, 5.74) is 0.493. The summed E-state index contributed by atoms with van der Waals surface area (Å²) >= 11 is 1.90. The first kappa shape index (κ1) is 14.5. The first-order valence-electron chi connectivity index (χ1n) is 7.79. The van der Waals surface area contributed by atoms with Crippen LogP contribution in [0.25, 0.3) is 0 Å². The fourth-order valence-electron chi connectivity index (χ4n) is 3.87. The molecular weight excluding hydrogens is 270 g/mol. The highest BCUT2D eigenvalue weighted by atomic mass is 32.2. The second kappa shape index (κ2) is 5.41. The zero-order valence-corrected chi connectivity index (χ0v) is 13.8. The lowest BCUT2D eigenvalue weighted by Crippen LogP contribution is -2.53. The molecule has 1 aliphatic carbocycles. The Morgan fingerprint density at radius 1 is 1.10 bits per heavy atom. The average molecular weight is 297 g/mol. The van der Waals surface area contributed by atoms with Gasteiger partial charge in [-0.25, -0.2) is 4.79 Å². The summed E-state index contributed by atoms with van der Waals surface area (Å²) in [5.74, 6) is 2.71. The molecular formula is C15H27N3OS. The molecule has 3 fully saturated rings. The number of carbonyl (C=O) groups is 1. The highest BCUT2D eigenvalue weighted by Gasteiger charge is 2.62. The monoisotopic (exact) mass is 297 g/mol. The maximum atomic E-state index is 12.5. The summed E-state index contributed by atoms with van der Waals surface area (Å²) in [6, 6.07) is 0.289. The molecule has 0 N–H and O–H groups in total. The fourth-order valence-corrected chi connectivity index (χ4v) is 4.31. The molecule has 2 heterocycles. The van der Waals surface area contributed by atoms with Gasteiger partial charge in [-0.3, -0.25) is 4.90 Å². The van der Waals surface area contributed by atoms with Gasteiger partial charge in [-0.2, -0.15) is 11.8 Å². The first-order chi connectivity index (χ1) is 9.54. The lowest BCUT2D eigenvalue weighted by atomic mass is 10.1. The van der Waals surface area contributed by atoms with Gasteiger partial charge in [0.25, 0.3) is 0 Å². The molecule has 0 spiro atoms. The Morgan fingerprint density at radius 3 is 2.25 bits per heavy atom. The van der Waals surface area contributed by atoms with Crippen LogP contribution < -0.4 is 0 Å². The molecule has 2 saturated heterocycles. The van der Waals surface area contributed by atoms with E-state index in [4.69, 9.17) is 0 Å². The molecule has 0 aromatic rings. The Bertz CT molecular complexity index is 365. The number of likely N-dealkylation sites (tertiary alicyclic amines) is 1. The number of hydrogen-bond donors (Lipinski definition) is 0. The topological polar surface area (TPSA) is 26.8 Å². The van der Waals surface area contributed by atoms with Crippen LogP contribution in [0.15, 0.2) is 0 Å². The van der Waals surface area contributed by atoms with E-state index < -0.39 is 0 Å². The van der Waals surface area contributed by atoms with Crippen molar-refractivity contribution in [3.8, 4) is 0 Å². The Labute approximate surface area is 126 Å². The minimum absolute atomic E-state index is 0.289. The zero-order valence-electron chi connectivity index (χ0n) is 13.0. The molecule has 3 rings (SSSR count). The van der Waals surface area contributed by atoms with Crippen molar-refractivity contribution in [2.24, 2.45) is 17.3 Å². The van der Waals surface area contributed by atoms with Crippen LogP contribution in [0.1, 0.15) is 13.8 Å². The van der Waals surface area contributed by atoms with E-state index in [2.05, 4.69) is 34.8 Å². The summed E-state index contributed by atoms with van der Waals surface area (Å²) in [6.45, 7) is 11.7. The van der Waals surface area contributed by atoms with Gasteiger partial charge in [-0.15, -0.1) is 0 Å². The minimum Gasteiger partial charge on any atom is -0.324 e. The standard InChI is InChI=1S/C15H27N3OS/c1-15(2)12-10-18(11-13(12)15)14(19)17-6-4-16(5-7-17)8-9-20-3/h12-13H,4-11H2,1-3H3. The second-order valence-corrected chi connectivity index (χ2v) is 8.03. The number of hydrogen-bond acceptors (Lipinski definition) is 3. The average Bonchev–Trinajstić information content (AvgIpc) is 2.84. The lowest BCUT2D eigenvalue weighted by Gasteiger charge is -2.37. The van der Waals surface area contributed by atoms with Gasteiger partial charge in [0.15, 0.2) is 0 Å². The maximum absolute atomic E-state index is 12.5. The van der Waals surface area contributed by atoms with E-state index in [-0.39, 0.29) is 6.03 Å². The van der Waals surface area contributed by atoms with Crippen molar-refractivity contribution in [2.45, 2.75) is 13.8 Å². The SMILES string of the molecule is CSCCN1CCN(C(=O)N2CC3C(C2)C3(C)C)CC1. The first-order valence-corrected chi connectivity index (χ1v) is 9.18. The van der Waals surface area contributed by atoms with E-state index in [1.54, 1.807) is 0 Å². The summed E-state index contributed by atoms with van der Waals surface area (Å²) < 4.78 is 0. The van der Waals surface area contributed by atoms with E-state index in [1.807, 2.05) is 11.8 Å². The number of carbonyl (C=O) groups excluding carboxylic acids is 1. The summed E-state index contributed by atoms with van der Waals surface area (Å²) in [6.07, 6.45) is 2.15. The molecule has 5 heteroatoms. The Hall–Kier alpha value is -0.420. The minimum atomic E-state index is 0.289. The van der Waals surface area contributed by atoms with Crippen LogP contribution >= 0.6 is 11.8 Å². The van der Waals surface area contributed by atoms with E-state index in [0.717, 1.165) is 57.6 Å². The molecule has 0 radical (unpaired) electrons. The quantitative estimate of drug-likeness (QED) is 0.793. The molecule has 1 saturated carbocycles. The van der Waals surface area contributed by atoms with Crippen LogP contribution in [0.5, 0.6) is 0 Å². The predicted octanol–water partition coefficient (Wildman–Crippen LogP) is 1.67. The van der Waals surface area contributed by atoms with Crippen LogP contribution in [0.4, 0.5) is 4.79 Å². The van der Waals surface area contributed by atoms with Crippen molar-refractivity contribution in [3.05, 3.63) is 0 Å². The van der Waals surface area contributed by atoms with Crippen molar-refractivity contribution in [2.75, 3.05) is 57.8 Å². The molecule has 0 bridgehead atoms. The van der Waals surface area contributed by atoms with Gasteiger partial charge in [-0.05, 0) is 23.5 Å². The molecule has 0 aromatic heterocycles. The second-order valence-electron chi connectivity index (χ2n) is 7.04. The molecule has 2 atom stereocenters. The summed E-state index contributed by atoms with van der Waals surface area (Å²) in [7, 11) is 0. The van der Waals surface area contributed by atoms with E-state index in [9.17, 15) is 4.79 Å². The van der Waals surface area contributed by atoms with Gasteiger partial charge in [0.05, 0.1) is 0 Å². The van der Waals surface area contributed by atoms with Crippen molar-refractivity contribution < 1.29 is 4.79 Å². The Morgan fingerprint density at radius 2 is 1.70 bits per heavy atom. The molecule has 0 aromatic carbocycles. The molecule has 2 amide bonds. The predicted molar refractivity (Wildman–Crippen MR) is 84.1 cm³/mol. The van der Waals surface area contributed by atoms with Crippen LogP contribution in [0.3, 0.4) is 0 Å². The van der Waals surface area contributed by atoms with E-state index in [1.165, 1.54) is 5.75 Å². The zero-order chi connectivity index (χ0) is 14.3. The fraction of sp³-hybridized carbons (Fsp3) is 0.933. The number of rotatable bonds is 3.